The number of rotatable bonds is 10. The minimum atomic E-state index is -1.04. The molecule has 10 heteroatoms. The monoisotopic (exact) mass is 502 g/mol. The molecule has 2 aromatic carbocycles. The van der Waals surface area contributed by atoms with Gasteiger partial charge in [0.05, 0.1) is 23.2 Å². The van der Waals surface area contributed by atoms with E-state index in [1.165, 1.54) is 4.90 Å². The number of amides is 1. The maximum absolute atomic E-state index is 12.8. The molecule has 1 amide bonds. The Bertz CT molecular complexity index is 1380. The second kappa shape index (κ2) is 11.2. The van der Waals surface area contributed by atoms with E-state index in [9.17, 15) is 14.7 Å². The van der Waals surface area contributed by atoms with E-state index >= 15 is 0 Å². The molecular formula is C27H30N6O4. The van der Waals surface area contributed by atoms with E-state index in [1.54, 1.807) is 6.92 Å². The van der Waals surface area contributed by atoms with Crippen LogP contribution in [0.2, 0.25) is 0 Å². The van der Waals surface area contributed by atoms with Gasteiger partial charge in [0, 0.05) is 29.6 Å². The van der Waals surface area contributed by atoms with Crippen LogP contribution in [0.3, 0.4) is 0 Å². The first-order valence-corrected chi connectivity index (χ1v) is 12.3. The smallest absolute Gasteiger partial charge is 0.410 e. The van der Waals surface area contributed by atoms with Crippen molar-refractivity contribution in [3.05, 3.63) is 60.2 Å². The number of carboxylic acids is 1. The number of nitrogens with zero attached hydrogens (tertiary/aromatic N) is 5. The summed E-state index contributed by atoms with van der Waals surface area (Å²) in [7, 11) is 0. The van der Waals surface area contributed by atoms with Crippen LogP contribution in [0.1, 0.15) is 39.2 Å². The minimum absolute atomic E-state index is 0.0657. The zero-order valence-corrected chi connectivity index (χ0v) is 21.1. The Hall–Kier alpha value is -4.34. The van der Waals surface area contributed by atoms with Crippen LogP contribution < -0.4 is 0 Å². The molecule has 0 unspecified atom stereocenters. The lowest BCUT2D eigenvalue weighted by atomic mass is 9.82. The van der Waals surface area contributed by atoms with Crippen LogP contribution in [0.4, 0.5) is 4.79 Å². The number of hydrogen-bond acceptors (Lipinski definition) is 7. The minimum Gasteiger partial charge on any atom is -0.481 e. The fourth-order valence-electron chi connectivity index (χ4n) is 4.43. The molecule has 0 atom stereocenters. The molecule has 2 N–H and O–H groups in total. The van der Waals surface area contributed by atoms with Crippen LogP contribution in [-0.4, -0.2) is 60.8 Å². The van der Waals surface area contributed by atoms with E-state index in [4.69, 9.17) is 9.72 Å². The lowest BCUT2D eigenvalue weighted by Crippen LogP contribution is -2.45. The van der Waals surface area contributed by atoms with Crippen LogP contribution >= 0.6 is 0 Å². The Labute approximate surface area is 214 Å². The van der Waals surface area contributed by atoms with Crippen molar-refractivity contribution in [3.8, 4) is 22.6 Å². The van der Waals surface area contributed by atoms with Gasteiger partial charge in [-0.2, -0.15) is 5.21 Å². The first kappa shape index (κ1) is 25.7. The van der Waals surface area contributed by atoms with Crippen LogP contribution in [0.15, 0.2) is 54.6 Å². The van der Waals surface area contributed by atoms with Crippen molar-refractivity contribution in [2.24, 2.45) is 5.41 Å². The number of aliphatic carboxylic acids is 1. The molecule has 10 nitrogen and oxygen atoms in total. The second-order valence-corrected chi connectivity index (χ2v) is 8.85. The molecule has 0 saturated heterocycles. The lowest BCUT2D eigenvalue weighted by Gasteiger charge is -2.33. The number of carbonyl (C=O) groups is 2. The second-order valence-electron chi connectivity index (χ2n) is 8.85. The van der Waals surface area contributed by atoms with Crippen molar-refractivity contribution in [1.82, 2.24) is 30.5 Å². The van der Waals surface area contributed by atoms with Gasteiger partial charge >= 0.3 is 12.1 Å². The molecule has 4 rings (SSSR count). The SMILES string of the molecule is CCOC(=O)N(Cc1ccc2nc(-c3ccccc3-c3nn[nH]n3)ccc2c1)CC(CC)(CC)C(=O)O. The molecule has 0 aliphatic heterocycles. The number of carboxylic acid groups (broad SMARTS) is 1. The van der Waals surface area contributed by atoms with Gasteiger partial charge in [0.15, 0.2) is 0 Å². The average Bonchev–Trinajstić information content (AvgIpc) is 3.46. The maximum Gasteiger partial charge on any atom is 0.410 e. The summed E-state index contributed by atoms with van der Waals surface area (Å²) >= 11 is 0. The Balaban J connectivity index is 1.64. The molecule has 2 aromatic heterocycles. The first-order valence-electron chi connectivity index (χ1n) is 12.3. The zero-order valence-electron chi connectivity index (χ0n) is 21.1. The van der Waals surface area contributed by atoms with E-state index in [0.29, 0.717) is 18.7 Å². The number of fused-ring (bicyclic) bond motifs is 1. The van der Waals surface area contributed by atoms with Gasteiger partial charge in [0.2, 0.25) is 5.82 Å². The number of hydrogen-bond donors (Lipinski definition) is 2. The predicted octanol–water partition coefficient (Wildman–Crippen LogP) is 4.93. The number of benzene rings is 2. The maximum atomic E-state index is 12.8. The summed E-state index contributed by atoms with van der Waals surface area (Å²) in [5, 5.41) is 25.1. The Kier molecular flexibility index (Phi) is 7.76. The van der Waals surface area contributed by atoms with E-state index in [2.05, 4.69) is 20.6 Å². The highest BCUT2D eigenvalue weighted by molar-refractivity contribution is 5.85. The van der Waals surface area contributed by atoms with Crippen LogP contribution in [0.5, 0.6) is 0 Å². The summed E-state index contributed by atoms with van der Waals surface area (Å²) in [6.07, 6.45) is 0.288. The third kappa shape index (κ3) is 5.42. The number of aromatic amines is 1. The quantitative estimate of drug-likeness (QED) is 0.312. The summed E-state index contributed by atoms with van der Waals surface area (Å²) in [6, 6.07) is 17.4. The van der Waals surface area contributed by atoms with Gasteiger partial charge in [-0.15, -0.1) is 10.2 Å². The van der Waals surface area contributed by atoms with Gasteiger partial charge in [-0.05, 0) is 48.7 Å². The summed E-state index contributed by atoms with van der Waals surface area (Å²) in [5.41, 5.74) is 3.08. The van der Waals surface area contributed by atoms with Gasteiger partial charge in [-0.1, -0.05) is 50.2 Å². The molecule has 192 valence electrons. The van der Waals surface area contributed by atoms with E-state index < -0.39 is 17.5 Å². The van der Waals surface area contributed by atoms with Crippen molar-refractivity contribution < 1.29 is 19.4 Å². The van der Waals surface area contributed by atoms with Crippen molar-refractivity contribution in [3.63, 3.8) is 0 Å². The van der Waals surface area contributed by atoms with Gasteiger partial charge in [-0.25, -0.2) is 9.78 Å². The summed E-state index contributed by atoms with van der Waals surface area (Å²) in [5.74, 6) is -0.424. The van der Waals surface area contributed by atoms with Gasteiger partial charge in [0.25, 0.3) is 0 Å². The number of pyridine rings is 1. The fraction of sp³-hybridized carbons (Fsp3) is 0.333. The lowest BCUT2D eigenvalue weighted by molar-refractivity contribution is -0.150. The molecule has 0 radical (unpaired) electrons. The molecule has 37 heavy (non-hydrogen) atoms. The Morgan fingerprint density at radius 2 is 1.78 bits per heavy atom. The molecule has 0 fully saturated rings. The van der Waals surface area contributed by atoms with Gasteiger partial charge in [-0.3, -0.25) is 4.79 Å². The number of ether oxygens (including phenoxy) is 1. The number of carbonyl (C=O) groups excluding carboxylic acids is 1. The molecule has 4 aromatic rings. The number of tetrazole rings is 1. The number of H-pyrrole nitrogens is 1. The number of nitrogens with one attached hydrogen (secondary N) is 1. The summed E-state index contributed by atoms with van der Waals surface area (Å²) in [6.45, 7) is 5.90. The first-order chi connectivity index (χ1) is 17.9. The summed E-state index contributed by atoms with van der Waals surface area (Å²) in [4.78, 5) is 31.2. The van der Waals surface area contributed by atoms with Crippen LogP contribution in [-0.2, 0) is 16.1 Å². The van der Waals surface area contributed by atoms with Crippen molar-refractivity contribution in [2.45, 2.75) is 40.2 Å². The average molecular weight is 503 g/mol. The highest BCUT2D eigenvalue weighted by atomic mass is 16.6. The van der Waals surface area contributed by atoms with Crippen molar-refractivity contribution in [2.75, 3.05) is 13.2 Å². The van der Waals surface area contributed by atoms with Crippen molar-refractivity contribution in [1.29, 1.82) is 0 Å². The topological polar surface area (TPSA) is 134 Å². The van der Waals surface area contributed by atoms with Crippen molar-refractivity contribution >= 4 is 23.0 Å². The molecular weight excluding hydrogens is 472 g/mol. The Morgan fingerprint density at radius 3 is 2.43 bits per heavy atom. The third-order valence-corrected chi connectivity index (χ3v) is 6.74. The normalized spacial score (nSPS) is 11.4. The summed E-state index contributed by atoms with van der Waals surface area (Å²) < 4.78 is 5.25. The van der Waals surface area contributed by atoms with E-state index in [0.717, 1.165) is 33.3 Å². The third-order valence-electron chi connectivity index (χ3n) is 6.74. The molecule has 0 aliphatic rings. The van der Waals surface area contributed by atoms with Crippen LogP contribution in [0.25, 0.3) is 33.5 Å². The van der Waals surface area contributed by atoms with Gasteiger partial charge < -0.3 is 14.7 Å². The Morgan fingerprint density at radius 1 is 1.03 bits per heavy atom. The highest BCUT2D eigenvalue weighted by Crippen LogP contribution is 2.31. The predicted molar refractivity (Wildman–Crippen MR) is 138 cm³/mol. The van der Waals surface area contributed by atoms with E-state index in [1.807, 2.05) is 68.4 Å². The van der Waals surface area contributed by atoms with Crippen LogP contribution in [0, 0.1) is 5.41 Å². The largest absolute Gasteiger partial charge is 0.481 e. The highest BCUT2D eigenvalue weighted by Gasteiger charge is 2.38. The number of aromatic nitrogens is 5. The fourth-order valence-corrected chi connectivity index (χ4v) is 4.43. The molecule has 0 spiro atoms. The van der Waals surface area contributed by atoms with E-state index in [-0.39, 0.29) is 19.7 Å². The zero-order chi connectivity index (χ0) is 26.4. The van der Waals surface area contributed by atoms with Gasteiger partial charge in [0.1, 0.15) is 0 Å². The molecule has 2 heterocycles. The molecule has 0 bridgehead atoms. The standard InChI is InChI=1S/C27H30N6O4/c1-4-27(5-2,25(34)35)17-33(26(36)37-6-3)16-18-11-13-22-19(15-18)12-14-23(28-22)20-9-7-8-10-21(20)24-29-31-32-30-24/h7-15H,4-6,16-17H2,1-3H3,(H,34,35)(H,29,30,31,32). The molecule has 0 saturated carbocycles. The molecule has 0 aliphatic carbocycles.